The predicted molar refractivity (Wildman–Crippen MR) is 115 cm³/mol. The molecule has 160 valence electrons. The van der Waals surface area contributed by atoms with Crippen molar-refractivity contribution in [3.05, 3.63) is 51.8 Å². The van der Waals surface area contributed by atoms with Crippen LogP contribution < -0.4 is 0 Å². The molecule has 2 aliphatic rings. The van der Waals surface area contributed by atoms with Gasteiger partial charge >= 0.3 is 0 Å². The van der Waals surface area contributed by atoms with E-state index in [2.05, 4.69) is 5.10 Å². The van der Waals surface area contributed by atoms with Gasteiger partial charge in [-0.1, -0.05) is 11.6 Å². The lowest BCUT2D eigenvalue weighted by molar-refractivity contribution is 0.0515. The minimum absolute atomic E-state index is 0.0269. The van der Waals surface area contributed by atoms with Crippen molar-refractivity contribution in [2.24, 2.45) is 5.41 Å². The molecule has 1 atom stereocenters. The summed E-state index contributed by atoms with van der Waals surface area (Å²) in [5, 5.41) is 5.15. The Kier molecular flexibility index (Phi) is 5.73. The first-order chi connectivity index (χ1) is 14.3. The molecule has 7 heteroatoms. The van der Waals surface area contributed by atoms with Gasteiger partial charge in [0.1, 0.15) is 5.69 Å². The smallest absolute Gasteiger partial charge is 0.253 e. The number of methoxy groups -OCH3 is 1. The number of carbonyl (C=O) groups excluding carboxylic acids is 2. The molecule has 1 aliphatic heterocycles. The minimum Gasteiger partial charge on any atom is -0.382 e. The Balaban J connectivity index is 1.47. The third kappa shape index (κ3) is 3.79. The van der Waals surface area contributed by atoms with Gasteiger partial charge in [-0.05, 0) is 62.3 Å². The van der Waals surface area contributed by atoms with Gasteiger partial charge in [-0.25, -0.2) is 0 Å². The first kappa shape index (κ1) is 21.1. The number of piperidine rings is 1. The van der Waals surface area contributed by atoms with Gasteiger partial charge in [0.15, 0.2) is 5.78 Å². The number of likely N-dealkylation sites (tertiary alicyclic amines) is 1. The fraction of sp³-hybridized carbons (Fsp3) is 0.522. The molecule has 1 amide bonds. The van der Waals surface area contributed by atoms with Crippen LogP contribution in [-0.4, -0.2) is 53.2 Å². The summed E-state index contributed by atoms with van der Waals surface area (Å²) in [6, 6.07) is 5.44. The molecule has 0 radical (unpaired) electrons. The number of nitrogens with zero attached hydrogens (tertiary/aromatic N) is 3. The van der Waals surface area contributed by atoms with Crippen molar-refractivity contribution >= 4 is 23.3 Å². The molecule has 1 unspecified atom stereocenters. The van der Waals surface area contributed by atoms with E-state index in [0.29, 0.717) is 36.7 Å². The van der Waals surface area contributed by atoms with Crippen molar-refractivity contribution in [2.75, 3.05) is 26.8 Å². The molecule has 6 nitrogen and oxygen atoms in total. The number of ketones is 1. The van der Waals surface area contributed by atoms with Gasteiger partial charge in [-0.3, -0.25) is 14.3 Å². The lowest BCUT2D eigenvalue weighted by atomic mass is 9.67. The highest BCUT2D eigenvalue weighted by atomic mass is 35.5. The predicted octanol–water partition coefficient (Wildman–Crippen LogP) is 4.10. The van der Waals surface area contributed by atoms with E-state index < -0.39 is 0 Å². The number of benzene rings is 1. The molecule has 2 aromatic rings. The second-order valence-electron chi connectivity index (χ2n) is 8.80. The highest BCUT2D eigenvalue weighted by molar-refractivity contribution is 6.31. The summed E-state index contributed by atoms with van der Waals surface area (Å²) in [7, 11) is 1.66. The second-order valence-corrected chi connectivity index (χ2v) is 9.21. The van der Waals surface area contributed by atoms with Crippen molar-refractivity contribution < 1.29 is 14.3 Å². The highest BCUT2D eigenvalue weighted by Crippen LogP contribution is 2.44. The molecule has 1 aliphatic carbocycles. The zero-order valence-electron chi connectivity index (χ0n) is 17.8. The van der Waals surface area contributed by atoms with Gasteiger partial charge in [0.2, 0.25) is 0 Å². The Morgan fingerprint density at radius 1 is 1.30 bits per heavy atom. The van der Waals surface area contributed by atoms with Gasteiger partial charge in [0.25, 0.3) is 5.91 Å². The quantitative estimate of drug-likeness (QED) is 0.733. The number of amides is 1. The van der Waals surface area contributed by atoms with Gasteiger partial charge in [0, 0.05) is 42.8 Å². The third-order valence-corrected chi connectivity index (χ3v) is 7.00. The lowest BCUT2D eigenvalue weighted by Crippen LogP contribution is -2.46. The van der Waals surface area contributed by atoms with Crippen LogP contribution in [0.5, 0.6) is 0 Å². The molecule has 4 rings (SSSR count). The van der Waals surface area contributed by atoms with Crippen molar-refractivity contribution in [3.8, 4) is 0 Å². The van der Waals surface area contributed by atoms with Gasteiger partial charge in [0.05, 0.1) is 18.8 Å². The van der Waals surface area contributed by atoms with E-state index in [1.54, 1.807) is 19.2 Å². The van der Waals surface area contributed by atoms with Crippen LogP contribution in [0, 0.1) is 12.3 Å². The van der Waals surface area contributed by atoms with Crippen LogP contribution in [0.25, 0.3) is 0 Å². The van der Waals surface area contributed by atoms with E-state index in [0.717, 1.165) is 36.1 Å². The maximum atomic E-state index is 13.1. The number of ether oxygens (including phenoxy) is 1. The summed E-state index contributed by atoms with van der Waals surface area (Å²) >= 11 is 6.09. The van der Waals surface area contributed by atoms with Crippen LogP contribution in [0.2, 0.25) is 5.02 Å². The van der Waals surface area contributed by atoms with Crippen LogP contribution >= 0.6 is 11.6 Å². The Morgan fingerprint density at radius 2 is 2.03 bits per heavy atom. The van der Waals surface area contributed by atoms with Crippen LogP contribution in [0.4, 0.5) is 0 Å². The van der Waals surface area contributed by atoms with Crippen molar-refractivity contribution in [2.45, 2.75) is 45.6 Å². The van der Waals surface area contributed by atoms with E-state index >= 15 is 0 Å². The number of halogens is 1. The summed E-state index contributed by atoms with van der Waals surface area (Å²) in [5.74, 6) is 0.193. The number of hydrogen-bond donors (Lipinski definition) is 0. The standard InChI is InChI=1S/C23H28ClN3O3/c1-15-10-17(4-5-19(15)24)22(29)26-8-6-23(7-9-26)11-18-13-25-27(16(2)14-30-3)21(18)20(28)12-23/h4-5,10,13,16H,6-9,11-12,14H2,1-3H3. The van der Waals surface area contributed by atoms with Crippen molar-refractivity contribution in [3.63, 3.8) is 0 Å². The molecule has 0 bridgehead atoms. The lowest BCUT2D eigenvalue weighted by Gasteiger charge is -2.43. The Hall–Kier alpha value is -2.18. The molecule has 1 aromatic carbocycles. The molecule has 30 heavy (non-hydrogen) atoms. The van der Waals surface area contributed by atoms with Crippen molar-refractivity contribution in [1.82, 2.24) is 14.7 Å². The summed E-state index contributed by atoms with van der Waals surface area (Å²) in [4.78, 5) is 27.9. The summed E-state index contributed by atoms with van der Waals surface area (Å²) in [6.45, 7) is 5.77. The molecular formula is C23H28ClN3O3. The van der Waals surface area contributed by atoms with Crippen LogP contribution in [-0.2, 0) is 11.2 Å². The zero-order valence-corrected chi connectivity index (χ0v) is 18.5. The van der Waals surface area contributed by atoms with E-state index in [4.69, 9.17) is 16.3 Å². The van der Waals surface area contributed by atoms with Crippen molar-refractivity contribution in [1.29, 1.82) is 0 Å². The first-order valence-corrected chi connectivity index (χ1v) is 10.9. The molecule has 1 fully saturated rings. The molecule has 1 saturated heterocycles. The topological polar surface area (TPSA) is 64.4 Å². The molecule has 0 N–H and O–H groups in total. The molecule has 2 heterocycles. The molecule has 1 aromatic heterocycles. The fourth-order valence-electron chi connectivity index (χ4n) is 4.87. The number of aromatic nitrogens is 2. The molecular weight excluding hydrogens is 402 g/mol. The number of carbonyl (C=O) groups is 2. The number of Topliss-reactive ketones (excluding diaryl/α,β-unsaturated/α-hetero) is 1. The number of rotatable bonds is 4. The first-order valence-electron chi connectivity index (χ1n) is 10.5. The van der Waals surface area contributed by atoms with Crippen LogP contribution in [0.3, 0.4) is 0 Å². The van der Waals surface area contributed by atoms with Gasteiger partial charge < -0.3 is 9.64 Å². The summed E-state index contributed by atoms with van der Waals surface area (Å²) < 4.78 is 7.05. The van der Waals surface area contributed by atoms with E-state index in [-0.39, 0.29) is 23.1 Å². The van der Waals surface area contributed by atoms with Gasteiger partial charge in [-0.2, -0.15) is 5.10 Å². The SMILES string of the molecule is COCC(C)n1ncc2c1C(=O)CC1(CCN(C(=O)c3ccc(Cl)c(C)c3)CC1)C2. The van der Waals surface area contributed by atoms with E-state index in [1.807, 2.05) is 35.7 Å². The normalized spacial score (nSPS) is 19.1. The number of aryl methyl sites for hydroxylation is 1. The Morgan fingerprint density at radius 3 is 2.70 bits per heavy atom. The monoisotopic (exact) mass is 429 g/mol. The molecule has 0 saturated carbocycles. The second kappa shape index (κ2) is 8.16. The average Bonchev–Trinajstić information content (AvgIpc) is 3.14. The average molecular weight is 430 g/mol. The minimum atomic E-state index is -0.0743. The summed E-state index contributed by atoms with van der Waals surface area (Å²) in [5.41, 5.74) is 3.27. The van der Waals surface area contributed by atoms with Gasteiger partial charge in [-0.15, -0.1) is 0 Å². The Bertz CT molecular complexity index is 976. The zero-order chi connectivity index (χ0) is 21.5. The summed E-state index contributed by atoms with van der Waals surface area (Å²) in [6.07, 6.45) is 4.86. The Labute approximate surface area is 182 Å². The third-order valence-electron chi connectivity index (χ3n) is 6.58. The van der Waals surface area contributed by atoms with E-state index in [9.17, 15) is 9.59 Å². The molecule has 1 spiro atoms. The maximum absolute atomic E-state index is 13.1. The maximum Gasteiger partial charge on any atom is 0.253 e. The largest absolute Gasteiger partial charge is 0.382 e. The van der Waals surface area contributed by atoms with Crippen LogP contribution in [0.15, 0.2) is 24.4 Å². The fourth-order valence-corrected chi connectivity index (χ4v) is 4.99. The number of hydrogen-bond acceptors (Lipinski definition) is 4. The van der Waals surface area contributed by atoms with Crippen LogP contribution in [0.1, 0.15) is 64.2 Å². The highest BCUT2D eigenvalue weighted by Gasteiger charge is 2.43. The van der Waals surface area contributed by atoms with E-state index in [1.165, 1.54) is 0 Å². The number of fused-ring (bicyclic) bond motifs is 1.